The van der Waals surface area contributed by atoms with Gasteiger partial charge in [-0.15, -0.1) is 0 Å². The standard InChI is InChI=1S/C13H17N3/c1-16(9-10-2-3-10)12-4-5-13(15)11(8-12)6-7-14/h4-5,8,10H,2-3,6,9,15H2,1H3. The first-order valence-electron chi connectivity index (χ1n) is 5.67. The summed E-state index contributed by atoms with van der Waals surface area (Å²) in [7, 11) is 2.10. The molecule has 0 aliphatic heterocycles. The lowest BCUT2D eigenvalue weighted by atomic mass is 10.1. The second-order valence-corrected chi connectivity index (χ2v) is 4.54. The Labute approximate surface area is 96.5 Å². The molecule has 1 aliphatic rings. The molecule has 2 rings (SSSR count). The lowest BCUT2D eigenvalue weighted by Gasteiger charge is -2.20. The van der Waals surface area contributed by atoms with Crippen molar-refractivity contribution in [2.45, 2.75) is 19.3 Å². The van der Waals surface area contributed by atoms with Gasteiger partial charge in [0, 0.05) is 25.0 Å². The van der Waals surface area contributed by atoms with Crippen molar-refractivity contribution in [3.63, 3.8) is 0 Å². The Morgan fingerprint density at radius 1 is 1.50 bits per heavy atom. The van der Waals surface area contributed by atoms with Crippen molar-refractivity contribution in [3.05, 3.63) is 23.8 Å². The molecule has 1 saturated carbocycles. The highest BCUT2D eigenvalue weighted by atomic mass is 15.1. The van der Waals surface area contributed by atoms with Crippen LogP contribution in [0, 0.1) is 17.2 Å². The Balaban J connectivity index is 2.13. The van der Waals surface area contributed by atoms with Gasteiger partial charge in [-0.25, -0.2) is 0 Å². The number of anilines is 2. The van der Waals surface area contributed by atoms with E-state index in [4.69, 9.17) is 11.0 Å². The van der Waals surface area contributed by atoms with Crippen LogP contribution in [0.1, 0.15) is 18.4 Å². The lowest BCUT2D eigenvalue weighted by molar-refractivity contribution is 0.787. The van der Waals surface area contributed by atoms with Crippen molar-refractivity contribution >= 4 is 11.4 Å². The maximum absolute atomic E-state index is 8.71. The summed E-state index contributed by atoms with van der Waals surface area (Å²) in [4.78, 5) is 2.25. The molecule has 3 nitrogen and oxygen atoms in total. The van der Waals surface area contributed by atoms with E-state index in [2.05, 4.69) is 18.0 Å². The molecule has 0 radical (unpaired) electrons. The molecule has 0 bridgehead atoms. The quantitative estimate of drug-likeness (QED) is 0.783. The van der Waals surface area contributed by atoms with E-state index in [1.54, 1.807) is 0 Å². The van der Waals surface area contributed by atoms with E-state index in [-0.39, 0.29) is 0 Å². The Morgan fingerprint density at radius 2 is 2.25 bits per heavy atom. The number of rotatable bonds is 4. The topological polar surface area (TPSA) is 53.0 Å². The molecule has 0 heterocycles. The van der Waals surface area contributed by atoms with Crippen molar-refractivity contribution in [3.8, 4) is 6.07 Å². The molecule has 0 unspecified atom stereocenters. The molecule has 0 saturated heterocycles. The first-order chi connectivity index (χ1) is 7.70. The van der Waals surface area contributed by atoms with Crippen molar-refractivity contribution in [2.75, 3.05) is 24.2 Å². The van der Waals surface area contributed by atoms with E-state index >= 15 is 0 Å². The fourth-order valence-electron chi connectivity index (χ4n) is 1.86. The summed E-state index contributed by atoms with van der Waals surface area (Å²) in [6, 6.07) is 8.09. The first kappa shape index (κ1) is 10.8. The van der Waals surface area contributed by atoms with Crippen LogP contribution in [0.2, 0.25) is 0 Å². The summed E-state index contributed by atoms with van der Waals surface area (Å²) >= 11 is 0. The third-order valence-electron chi connectivity index (χ3n) is 3.07. The summed E-state index contributed by atoms with van der Waals surface area (Å²) in [6.45, 7) is 1.11. The Hall–Kier alpha value is -1.69. The number of hydrogen-bond acceptors (Lipinski definition) is 3. The van der Waals surface area contributed by atoms with Gasteiger partial charge in [-0.2, -0.15) is 5.26 Å². The van der Waals surface area contributed by atoms with Gasteiger partial charge in [0.1, 0.15) is 0 Å². The van der Waals surface area contributed by atoms with Crippen molar-refractivity contribution in [2.24, 2.45) is 5.92 Å². The highest BCUT2D eigenvalue weighted by Gasteiger charge is 2.23. The Kier molecular flexibility index (Phi) is 3.00. The highest BCUT2D eigenvalue weighted by molar-refractivity contribution is 5.59. The zero-order valence-corrected chi connectivity index (χ0v) is 9.61. The summed E-state index contributed by atoms with van der Waals surface area (Å²) < 4.78 is 0. The fraction of sp³-hybridized carbons (Fsp3) is 0.462. The minimum absolute atomic E-state index is 0.386. The van der Waals surface area contributed by atoms with Crippen LogP contribution in [0.5, 0.6) is 0 Å². The van der Waals surface area contributed by atoms with Crippen LogP contribution in [0.3, 0.4) is 0 Å². The van der Waals surface area contributed by atoms with Crippen molar-refractivity contribution < 1.29 is 0 Å². The summed E-state index contributed by atoms with van der Waals surface area (Å²) in [5, 5.41) is 8.71. The van der Waals surface area contributed by atoms with Gasteiger partial charge < -0.3 is 10.6 Å². The van der Waals surface area contributed by atoms with Crippen molar-refractivity contribution in [1.29, 1.82) is 5.26 Å². The fourth-order valence-corrected chi connectivity index (χ4v) is 1.86. The molecule has 16 heavy (non-hydrogen) atoms. The molecular weight excluding hydrogens is 198 g/mol. The molecule has 84 valence electrons. The molecule has 0 aromatic heterocycles. The number of hydrogen-bond donors (Lipinski definition) is 1. The van der Waals surface area contributed by atoms with Crippen LogP contribution in [0.4, 0.5) is 11.4 Å². The monoisotopic (exact) mass is 215 g/mol. The van der Waals surface area contributed by atoms with Gasteiger partial charge >= 0.3 is 0 Å². The predicted molar refractivity (Wildman–Crippen MR) is 66.2 cm³/mol. The molecular formula is C13H17N3. The second-order valence-electron chi connectivity index (χ2n) is 4.54. The predicted octanol–water partition coefficient (Wildman–Crippen LogP) is 2.18. The second kappa shape index (κ2) is 4.44. The van der Waals surface area contributed by atoms with Crippen LogP contribution >= 0.6 is 0 Å². The van der Waals surface area contributed by atoms with Gasteiger partial charge in [-0.1, -0.05) is 0 Å². The number of nitriles is 1. The van der Waals surface area contributed by atoms with Crippen LogP contribution < -0.4 is 10.6 Å². The summed E-state index contributed by atoms with van der Waals surface area (Å²) in [5.41, 5.74) is 8.62. The molecule has 3 heteroatoms. The summed E-state index contributed by atoms with van der Waals surface area (Å²) in [5.74, 6) is 0.863. The average molecular weight is 215 g/mol. The van der Waals surface area contributed by atoms with E-state index in [9.17, 15) is 0 Å². The molecule has 0 atom stereocenters. The molecule has 2 N–H and O–H groups in total. The highest BCUT2D eigenvalue weighted by Crippen LogP contribution is 2.31. The third kappa shape index (κ3) is 2.46. The van der Waals surface area contributed by atoms with Crippen LogP contribution in [-0.2, 0) is 6.42 Å². The largest absolute Gasteiger partial charge is 0.398 e. The van der Waals surface area contributed by atoms with E-state index in [1.165, 1.54) is 12.8 Å². The van der Waals surface area contributed by atoms with Gasteiger partial charge in [0.2, 0.25) is 0 Å². The first-order valence-corrected chi connectivity index (χ1v) is 5.67. The molecule has 0 spiro atoms. The molecule has 1 aromatic carbocycles. The molecule has 1 aliphatic carbocycles. The van der Waals surface area contributed by atoms with Gasteiger partial charge in [0.15, 0.2) is 0 Å². The average Bonchev–Trinajstić information content (AvgIpc) is 3.05. The number of nitrogens with zero attached hydrogens (tertiary/aromatic N) is 2. The van der Waals surface area contributed by atoms with Crippen LogP contribution in [0.15, 0.2) is 18.2 Å². The maximum atomic E-state index is 8.71. The maximum Gasteiger partial charge on any atom is 0.0670 e. The Bertz CT molecular complexity index is 416. The van der Waals surface area contributed by atoms with Crippen molar-refractivity contribution in [1.82, 2.24) is 0 Å². The minimum atomic E-state index is 0.386. The Morgan fingerprint density at radius 3 is 2.88 bits per heavy atom. The molecule has 0 amide bonds. The molecule has 1 fully saturated rings. The molecule has 1 aromatic rings. The van der Waals surface area contributed by atoms with Gasteiger partial charge in [0.25, 0.3) is 0 Å². The zero-order valence-electron chi connectivity index (χ0n) is 9.61. The van der Waals surface area contributed by atoms with Crippen LogP contribution in [-0.4, -0.2) is 13.6 Å². The van der Waals surface area contributed by atoms with Gasteiger partial charge in [-0.3, -0.25) is 0 Å². The number of nitrogens with two attached hydrogens (primary N) is 1. The third-order valence-corrected chi connectivity index (χ3v) is 3.07. The number of nitrogen functional groups attached to an aromatic ring is 1. The lowest BCUT2D eigenvalue weighted by Crippen LogP contribution is -2.20. The van der Waals surface area contributed by atoms with E-state index < -0.39 is 0 Å². The SMILES string of the molecule is CN(CC1CC1)c1ccc(N)c(CC#N)c1. The van der Waals surface area contributed by atoms with Crippen LogP contribution in [0.25, 0.3) is 0 Å². The zero-order chi connectivity index (χ0) is 11.5. The number of benzene rings is 1. The van der Waals surface area contributed by atoms with E-state index in [0.29, 0.717) is 12.1 Å². The van der Waals surface area contributed by atoms with E-state index in [1.807, 2.05) is 18.2 Å². The minimum Gasteiger partial charge on any atom is -0.398 e. The normalized spacial score (nSPS) is 14.5. The van der Waals surface area contributed by atoms with Gasteiger partial charge in [-0.05, 0) is 42.5 Å². The smallest absolute Gasteiger partial charge is 0.0670 e. The van der Waals surface area contributed by atoms with Gasteiger partial charge in [0.05, 0.1) is 12.5 Å². The summed E-state index contributed by atoms with van der Waals surface area (Å²) in [6.07, 6.45) is 3.09. The van der Waals surface area contributed by atoms with E-state index in [0.717, 1.165) is 23.7 Å².